The molecule has 0 atom stereocenters. The Kier molecular flexibility index (Phi) is 7.26. The van der Waals surface area contributed by atoms with Gasteiger partial charge < -0.3 is 9.47 Å². The van der Waals surface area contributed by atoms with E-state index >= 15 is 0 Å². The van der Waals surface area contributed by atoms with Crippen molar-refractivity contribution in [1.82, 2.24) is 0 Å². The zero-order chi connectivity index (χ0) is 14.1. The molecule has 0 bridgehead atoms. The van der Waals surface area contributed by atoms with Crippen molar-refractivity contribution >= 4 is 23.5 Å². The Hall–Kier alpha value is -1.98. The lowest BCUT2D eigenvalue weighted by molar-refractivity contribution is -0.149. The first-order valence-corrected chi connectivity index (χ1v) is 5.36. The van der Waals surface area contributed by atoms with E-state index in [1.807, 2.05) is 0 Å². The third-order valence-corrected chi connectivity index (χ3v) is 1.85. The molecule has 0 aliphatic rings. The smallest absolute Gasteiger partial charge is 0.333 e. The number of carbonyl (C=O) groups is 4. The van der Waals surface area contributed by atoms with E-state index in [0.29, 0.717) is 0 Å². The van der Waals surface area contributed by atoms with Gasteiger partial charge in [-0.2, -0.15) is 0 Å². The molecule has 0 radical (unpaired) electrons. The average Bonchev–Trinajstić information content (AvgIpc) is 2.30. The van der Waals surface area contributed by atoms with Crippen LogP contribution in [0.15, 0.2) is 12.2 Å². The first-order valence-electron chi connectivity index (χ1n) is 5.36. The Balaban J connectivity index is 3.77. The number of ketones is 2. The Morgan fingerprint density at radius 2 is 1.61 bits per heavy atom. The highest BCUT2D eigenvalue weighted by Crippen LogP contribution is 1.98. The molecule has 6 nitrogen and oxygen atoms in total. The number of Topliss-reactive ketones (excluding diaryl/α,β-unsaturated/α-hetero) is 2. The third kappa shape index (κ3) is 7.32. The predicted octanol–water partition coefficient (Wildman–Crippen LogP) is 0.587. The molecule has 6 heteroatoms. The van der Waals surface area contributed by atoms with Gasteiger partial charge in [-0.3, -0.25) is 14.4 Å². The largest absolute Gasteiger partial charge is 0.462 e. The number of carbonyl (C=O) groups excluding carboxylic acids is 4. The van der Waals surface area contributed by atoms with Crippen LogP contribution in [-0.4, -0.2) is 36.7 Å². The van der Waals surface area contributed by atoms with Gasteiger partial charge in [0.1, 0.15) is 0 Å². The summed E-state index contributed by atoms with van der Waals surface area (Å²) in [5.74, 6) is -2.57. The maximum Gasteiger partial charge on any atom is 0.333 e. The second-order valence-electron chi connectivity index (χ2n) is 3.65. The van der Waals surface area contributed by atoms with Crippen LogP contribution in [-0.2, 0) is 28.7 Å². The van der Waals surface area contributed by atoms with Crippen molar-refractivity contribution in [2.24, 2.45) is 0 Å². The highest BCUT2D eigenvalue weighted by molar-refractivity contribution is 6.37. The SMILES string of the molecule is C=C(C)C(=O)OCCCC(=O)C(=O)COC(C)=O. The first-order chi connectivity index (χ1) is 8.34. The van der Waals surface area contributed by atoms with E-state index in [1.165, 1.54) is 6.92 Å². The number of rotatable bonds is 8. The molecule has 0 aromatic rings. The molecule has 0 amide bonds. The van der Waals surface area contributed by atoms with Gasteiger partial charge in [0, 0.05) is 18.9 Å². The van der Waals surface area contributed by atoms with Crippen molar-refractivity contribution in [3.8, 4) is 0 Å². The Morgan fingerprint density at radius 3 is 2.11 bits per heavy atom. The van der Waals surface area contributed by atoms with E-state index in [9.17, 15) is 19.2 Å². The molecule has 0 aliphatic heterocycles. The molecular formula is C12H16O6. The lowest BCUT2D eigenvalue weighted by atomic mass is 10.1. The molecule has 18 heavy (non-hydrogen) atoms. The summed E-state index contributed by atoms with van der Waals surface area (Å²) >= 11 is 0. The van der Waals surface area contributed by atoms with E-state index < -0.39 is 30.1 Å². The van der Waals surface area contributed by atoms with Gasteiger partial charge in [-0.15, -0.1) is 0 Å². The fraction of sp³-hybridized carbons (Fsp3) is 0.500. The highest BCUT2D eigenvalue weighted by Gasteiger charge is 2.14. The van der Waals surface area contributed by atoms with Crippen molar-refractivity contribution in [3.63, 3.8) is 0 Å². The number of esters is 2. The number of hydrogen-bond acceptors (Lipinski definition) is 6. The van der Waals surface area contributed by atoms with Crippen LogP contribution in [0.2, 0.25) is 0 Å². The summed E-state index contributed by atoms with van der Waals surface area (Å²) in [4.78, 5) is 43.8. The molecule has 0 heterocycles. The second-order valence-corrected chi connectivity index (χ2v) is 3.65. The molecule has 0 unspecified atom stereocenters. The zero-order valence-corrected chi connectivity index (χ0v) is 10.5. The van der Waals surface area contributed by atoms with Crippen LogP contribution in [0.25, 0.3) is 0 Å². The molecule has 0 fully saturated rings. The third-order valence-electron chi connectivity index (χ3n) is 1.85. The van der Waals surface area contributed by atoms with Crippen LogP contribution in [0.3, 0.4) is 0 Å². The van der Waals surface area contributed by atoms with Crippen molar-refractivity contribution < 1.29 is 28.7 Å². The van der Waals surface area contributed by atoms with E-state index in [1.54, 1.807) is 0 Å². The summed E-state index contributed by atoms with van der Waals surface area (Å²) in [6, 6.07) is 0. The standard InChI is InChI=1S/C12H16O6/c1-8(2)12(16)17-6-4-5-10(14)11(15)7-18-9(3)13/h1,4-7H2,2-3H3. The molecule has 0 saturated heterocycles. The Bertz CT molecular complexity index is 369. The van der Waals surface area contributed by atoms with E-state index in [4.69, 9.17) is 4.74 Å². The molecule has 0 aliphatic carbocycles. The van der Waals surface area contributed by atoms with Crippen LogP contribution >= 0.6 is 0 Å². The summed E-state index contributed by atoms with van der Waals surface area (Å²) in [7, 11) is 0. The molecule has 0 spiro atoms. The first kappa shape index (κ1) is 16.0. The van der Waals surface area contributed by atoms with Gasteiger partial charge in [0.25, 0.3) is 0 Å². The van der Waals surface area contributed by atoms with E-state index in [-0.39, 0.29) is 25.0 Å². The zero-order valence-electron chi connectivity index (χ0n) is 10.5. The Labute approximate surface area is 105 Å². The normalized spacial score (nSPS) is 9.44. The molecule has 0 saturated carbocycles. The predicted molar refractivity (Wildman–Crippen MR) is 61.7 cm³/mol. The average molecular weight is 256 g/mol. The van der Waals surface area contributed by atoms with Gasteiger partial charge in [-0.1, -0.05) is 6.58 Å². The van der Waals surface area contributed by atoms with Gasteiger partial charge in [-0.05, 0) is 13.3 Å². The van der Waals surface area contributed by atoms with Gasteiger partial charge in [-0.25, -0.2) is 4.79 Å². The highest BCUT2D eigenvalue weighted by atomic mass is 16.5. The van der Waals surface area contributed by atoms with Crippen LogP contribution in [0.1, 0.15) is 26.7 Å². The summed E-state index contributed by atoms with van der Waals surface area (Å²) in [5, 5.41) is 0. The number of ether oxygens (including phenoxy) is 2. The monoisotopic (exact) mass is 256 g/mol. The van der Waals surface area contributed by atoms with Crippen LogP contribution < -0.4 is 0 Å². The van der Waals surface area contributed by atoms with Crippen molar-refractivity contribution in [2.45, 2.75) is 26.7 Å². The van der Waals surface area contributed by atoms with Gasteiger partial charge in [0.05, 0.1) is 6.61 Å². The van der Waals surface area contributed by atoms with E-state index in [0.717, 1.165) is 6.92 Å². The lowest BCUT2D eigenvalue weighted by Crippen LogP contribution is -2.21. The van der Waals surface area contributed by atoms with Crippen molar-refractivity contribution in [1.29, 1.82) is 0 Å². The molecule has 0 rings (SSSR count). The van der Waals surface area contributed by atoms with Crippen LogP contribution in [0, 0.1) is 0 Å². The molecule has 0 aromatic carbocycles. The summed E-state index contributed by atoms with van der Waals surface area (Å²) in [6.45, 7) is 5.55. The van der Waals surface area contributed by atoms with Gasteiger partial charge in [0.2, 0.25) is 11.6 Å². The fourth-order valence-corrected chi connectivity index (χ4v) is 0.908. The van der Waals surface area contributed by atoms with Crippen molar-refractivity contribution in [2.75, 3.05) is 13.2 Å². The summed E-state index contributed by atoms with van der Waals surface area (Å²) < 4.78 is 9.14. The minimum atomic E-state index is -0.767. The minimum absolute atomic E-state index is 0.0400. The Morgan fingerprint density at radius 1 is 1.00 bits per heavy atom. The number of hydrogen-bond donors (Lipinski definition) is 0. The fourth-order valence-electron chi connectivity index (χ4n) is 0.908. The molecule has 100 valence electrons. The lowest BCUT2D eigenvalue weighted by Gasteiger charge is -2.03. The summed E-state index contributed by atoms with van der Waals surface area (Å²) in [6.07, 6.45) is 0.188. The molecule has 0 N–H and O–H groups in total. The second kappa shape index (κ2) is 8.16. The quantitative estimate of drug-likeness (QED) is 0.273. The topological polar surface area (TPSA) is 86.7 Å². The van der Waals surface area contributed by atoms with Gasteiger partial charge in [0.15, 0.2) is 6.61 Å². The molecule has 0 aromatic heterocycles. The van der Waals surface area contributed by atoms with Crippen LogP contribution in [0.5, 0.6) is 0 Å². The maximum atomic E-state index is 11.2. The summed E-state index contributed by atoms with van der Waals surface area (Å²) in [5.41, 5.74) is 0.271. The van der Waals surface area contributed by atoms with E-state index in [2.05, 4.69) is 11.3 Å². The minimum Gasteiger partial charge on any atom is -0.462 e. The van der Waals surface area contributed by atoms with Gasteiger partial charge >= 0.3 is 11.9 Å². The van der Waals surface area contributed by atoms with Crippen molar-refractivity contribution in [3.05, 3.63) is 12.2 Å². The maximum absolute atomic E-state index is 11.2. The molecular weight excluding hydrogens is 240 g/mol. The van der Waals surface area contributed by atoms with Crippen LogP contribution in [0.4, 0.5) is 0 Å².